The van der Waals surface area contributed by atoms with Crippen LogP contribution in [0.15, 0.2) is 12.1 Å². The molecule has 1 aliphatic heterocycles. The topological polar surface area (TPSA) is 61.4 Å². The lowest BCUT2D eigenvalue weighted by atomic mass is 9.96. The predicted molar refractivity (Wildman–Crippen MR) is 93.9 cm³/mol. The van der Waals surface area contributed by atoms with Crippen molar-refractivity contribution < 1.29 is 9.59 Å². The Morgan fingerprint density at radius 3 is 2.61 bits per heavy atom. The van der Waals surface area contributed by atoms with Crippen LogP contribution in [0, 0.1) is 12.8 Å². The number of rotatable bonds is 7. The first-order valence-electron chi connectivity index (χ1n) is 8.42. The number of nitrogens with zero attached hydrogens (tertiary/aromatic N) is 1. The fourth-order valence-electron chi connectivity index (χ4n) is 2.86. The lowest BCUT2D eigenvalue weighted by Gasteiger charge is -2.31. The molecule has 2 N–H and O–H groups in total. The summed E-state index contributed by atoms with van der Waals surface area (Å²) in [6, 6.07) is 3.70. The van der Waals surface area contributed by atoms with Gasteiger partial charge in [-0.15, -0.1) is 11.3 Å². The van der Waals surface area contributed by atoms with Gasteiger partial charge in [-0.2, -0.15) is 0 Å². The van der Waals surface area contributed by atoms with Gasteiger partial charge in [0.25, 0.3) is 5.91 Å². The van der Waals surface area contributed by atoms with Crippen LogP contribution in [0.5, 0.6) is 0 Å². The van der Waals surface area contributed by atoms with Crippen molar-refractivity contribution in [3.8, 4) is 0 Å². The largest absolute Gasteiger partial charge is 0.354 e. The van der Waals surface area contributed by atoms with E-state index in [0.29, 0.717) is 17.3 Å². The van der Waals surface area contributed by atoms with Gasteiger partial charge in [0, 0.05) is 11.4 Å². The highest BCUT2D eigenvalue weighted by Crippen LogP contribution is 2.16. The Kier molecular flexibility index (Phi) is 7.05. The maximum absolute atomic E-state index is 11.9. The third kappa shape index (κ3) is 5.95. The smallest absolute Gasteiger partial charge is 0.261 e. The second kappa shape index (κ2) is 9.03. The number of aryl methyl sites for hydroxylation is 1. The minimum Gasteiger partial charge on any atom is -0.354 e. The molecule has 6 heteroatoms. The second-order valence-electron chi connectivity index (χ2n) is 6.18. The van der Waals surface area contributed by atoms with E-state index < -0.39 is 0 Å². The highest BCUT2D eigenvalue weighted by molar-refractivity contribution is 7.13. The van der Waals surface area contributed by atoms with Gasteiger partial charge in [0.05, 0.1) is 11.4 Å². The lowest BCUT2D eigenvalue weighted by Crippen LogP contribution is -2.41. The maximum atomic E-state index is 11.9. The van der Waals surface area contributed by atoms with Crippen LogP contribution in [0.2, 0.25) is 0 Å². The molecule has 1 fully saturated rings. The molecule has 1 aromatic rings. The summed E-state index contributed by atoms with van der Waals surface area (Å²) in [6.45, 7) is 8.36. The van der Waals surface area contributed by atoms with Gasteiger partial charge in [-0.05, 0) is 63.9 Å². The first-order chi connectivity index (χ1) is 11.1. The van der Waals surface area contributed by atoms with Crippen LogP contribution in [-0.2, 0) is 4.79 Å². The van der Waals surface area contributed by atoms with Gasteiger partial charge in [-0.25, -0.2) is 0 Å². The molecular formula is C17H27N3O2S. The zero-order valence-corrected chi connectivity index (χ0v) is 14.9. The summed E-state index contributed by atoms with van der Waals surface area (Å²) >= 11 is 1.44. The van der Waals surface area contributed by atoms with E-state index in [1.165, 1.54) is 24.3 Å². The molecule has 1 aliphatic rings. The van der Waals surface area contributed by atoms with E-state index in [1.54, 1.807) is 6.07 Å². The van der Waals surface area contributed by atoms with E-state index in [4.69, 9.17) is 0 Å². The van der Waals surface area contributed by atoms with Gasteiger partial charge in [0.15, 0.2) is 0 Å². The van der Waals surface area contributed by atoms with E-state index >= 15 is 0 Å². The summed E-state index contributed by atoms with van der Waals surface area (Å²) in [5.74, 6) is 0.274. The van der Waals surface area contributed by atoms with Crippen LogP contribution in [0.1, 0.15) is 40.7 Å². The van der Waals surface area contributed by atoms with Crippen molar-refractivity contribution in [1.29, 1.82) is 0 Å². The molecule has 1 aromatic heterocycles. The normalized spacial score (nSPS) is 16.3. The highest BCUT2D eigenvalue weighted by atomic mass is 32.1. The number of likely N-dealkylation sites (tertiary alicyclic amines) is 1. The van der Waals surface area contributed by atoms with Crippen molar-refractivity contribution in [3.05, 3.63) is 21.9 Å². The lowest BCUT2D eigenvalue weighted by molar-refractivity contribution is -0.120. The number of piperidine rings is 1. The molecule has 0 aliphatic carbocycles. The van der Waals surface area contributed by atoms with E-state index in [9.17, 15) is 9.59 Å². The molecule has 0 spiro atoms. The molecule has 2 rings (SSSR count). The summed E-state index contributed by atoms with van der Waals surface area (Å²) in [6.07, 6.45) is 3.48. The molecule has 0 aromatic carbocycles. The molecule has 0 unspecified atom stereocenters. The van der Waals surface area contributed by atoms with Crippen LogP contribution in [0.4, 0.5) is 0 Å². The number of hydrogen-bond donors (Lipinski definition) is 2. The molecule has 1 saturated heterocycles. The molecule has 0 saturated carbocycles. The molecule has 0 radical (unpaired) electrons. The third-order valence-electron chi connectivity index (χ3n) is 4.21. The van der Waals surface area contributed by atoms with Crippen LogP contribution < -0.4 is 10.6 Å². The fraction of sp³-hybridized carbons (Fsp3) is 0.647. The summed E-state index contributed by atoms with van der Waals surface area (Å²) < 4.78 is 0. The number of amides is 2. The van der Waals surface area contributed by atoms with Crippen molar-refractivity contribution in [1.82, 2.24) is 15.5 Å². The number of carbonyl (C=O) groups is 2. The van der Waals surface area contributed by atoms with E-state index in [2.05, 4.69) is 22.5 Å². The van der Waals surface area contributed by atoms with Crippen LogP contribution in [-0.4, -0.2) is 49.4 Å². The molecule has 2 amide bonds. The minimum absolute atomic E-state index is 0.0461. The van der Waals surface area contributed by atoms with Crippen LogP contribution in [0.3, 0.4) is 0 Å². The Balaban J connectivity index is 1.61. The Morgan fingerprint density at radius 2 is 2.00 bits per heavy atom. The van der Waals surface area contributed by atoms with Gasteiger partial charge in [-0.1, -0.05) is 6.92 Å². The van der Waals surface area contributed by atoms with Crippen molar-refractivity contribution in [2.24, 2.45) is 5.92 Å². The SMILES string of the molecule is CCCN1CCC(CNC(=O)CNC(=O)c2ccc(C)s2)CC1. The molecule has 2 heterocycles. The van der Waals surface area contributed by atoms with E-state index in [1.807, 2.05) is 13.0 Å². The standard InChI is InChI=1S/C17H27N3O2S/c1-3-8-20-9-6-14(7-10-20)11-18-16(21)12-19-17(22)15-5-4-13(2)23-15/h4-5,14H,3,6-12H2,1-2H3,(H,18,21)(H,19,22). The summed E-state index contributed by atoms with van der Waals surface area (Å²) in [7, 11) is 0. The van der Waals surface area contributed by atoms with Crippen molar-refractivity contribution in [2.45, 2.75) is 33.1 Å². The van der Waals surface area contributed by atoms with Crippen LogP contribution >= 0.6 is 11.3 Å². The number of hydrogen-bond acceptors (Lipinski definition) is 4. The molecule has 23 heavy (non-hydrogen) atoms. The Labute approximate surface area is 142 Å². The summed E-state index contributed by atoms with van der Waals surface area (Å²) in [4.78, 5) is 28.0. The molecule has 128 valence electrons. The van der Waals surface area contributed by atoms with E-state index in [-0.39, 0.29) is 18.4 Å². The zero-order chi connectivity index (χ0) is 16.7. The number of nitrogens with one attached hydrogen (secondary N) is 2. The van der Waals surface area contributed by atoms with E-state index in [0.717, 1.165) is 30.8 Å². The van der Waals surface area contributed by atoms with Crippen LogP contribution in [0.25, 0.3) is 0 Å². The van der Waals surface area contributed by atoms with Gasteiger partial charge < -0.3 is 15.5 Å². The molecule has 0 atom stereocenters. The monoisotopic (exact) mass is 337 g/mol. The summed E-state index contributed by atoms with van der Waals surface area (Å²) in [5.41, 5.74) is 0. The Hall–Kier alpha value is -1.40. The Bertz CT molecular complexity index is 522. The van der Waals surface area contributed by atoms with Crippen molar-refractivity contribution in [2.75, 3.05) is 32.7 Å². The van der Waals surface area contributed by atoms with Crippen molar-refractivity contribution >= 4 is 23.2 Å². The van der Waals surface area contributed by atoms with Gasteiger partial charge >= 0.3 is 0 Å². The quantitative estimate of drug-likeness (QED) is 0.800. The molecule has 0 bridgehead atoms. The number of thiophene rings is 1. The first-order valence-corrected chi connectivity index (χ1v) is 9.23. The van der Waals surface area contributed by atoms with Gasteiger partial charge in [0.1, 0.15) is 0 Å². The van der Waals surface area contributed by atoms with Gasteiger partial charge in [0.2, 0.25) is 5.91 Å². The fourth-order valence-corrected chi connectivity index (χ4v) is 3.64. The summed E-state index contributed by atoms with van der Waals surface area (Å²) in [5, 5.41) is 5.62. The Morgan fingerprint density at radius 1 is 1.26 bits per heavy atom. The minimum atomic E-state index is -0.175. The maximum Gasteiger partial charge on any atom is 0.261 e. The predicted octanol–water partition coefficient (Wildman–Crippen LogP) is 2.02. The average molecular weight is 337 g/mol. The van der Waals surface area contributed by atoms with Gasteiger partial charge in [-0.3, -0.25) is 9.59 Å². The third-order valence-corrected chi connectivity index (χ3v) is 5.21. The average Bonchev–Trinajstić information content (AvgIpc) is 2.99. The second-order valence-corrected chi connectivity index (χ2v) is 7.47. The molecular weight excluding hydrogens is 310 g/mol. The number of carbonyl (C=O) groups excluding carboxylic acids is 2. The zero-order valence-electron chi connectivity index (χ0n) is 14.1. The van der Waals surface area contributed by atoms with Crippen molar-refractivity contribution in [3.63, 3.8) is 0 Å². The molecule has 5 nitrogen and oxygen atoms in total. The first kappa shape index (κ1) is 17.9. The highest BCUT2D eigenvalue weighted by Gasteiger charge is 2.19.